The lowest BCUT2D eigenvalue weighted by atomic mass is 10.2. The van der Waals surface area contributed by atoms with Crippen LogP contribution in [0, 0.1) is 6.92 Å². The van der Waals surface area contributed by atoms with Gasteiger partial charge in [0.05, 0.1) is 22.8 Å². The van der Waals surface area contributed by atoms with Crippen molar-refractivity contribution in [1.29, 1.82) is 0 Å². The molecule has 0 radical (unpaired) electrons. The second-order valence-corrected chi connectivity index (χ2v) is 4.97. The van der Waals surface area contributed by atoms with Gasteiger partial charge in [-0.1, -0.05) is 12.1 Å². The van der Waals surface area contributed by atoms with Crippen molar-refractivity contribution in [1.82, 2.24) is 9.78 Å². The summed E-state index contributed by atoms with van der Waals surface area (Å²) in [5, 5.41) is 10.7. The van der Waals surface area contributed by atoms with Crippen molar-refractivity contribution in [3.63, 3.8) is 0 Å². The predicted molar refractivity (Wildman–Crippen MR) is 75.0 cm³/mol. The fourth-order valence-corrected chi connectivity index (χ4v) is 2.31. The zero-order valence-corrected chi connectivity index (χ0v) is 11.2. The van der Waals surface area contributed by atoms with E-state index >= 15 is 0 Å². The van der Waals surface area contributed by atoms with Gasteiger partial charge in [-0.3, -0.25) is 9.48 Å². The Labute approximate surface area is 111 Å². The van der Waals surface area contributed by atoms with Gasteiger partial charge in [-0.15, -0.1) is 0 Å². The van der Waals surface area contributed by atoms with E-state index in [2.05, 4.69) is 15.7 Å². The van der Waals surface area contributed by atoms with E-state index in [0.717, 1.165) is 22.8 Å². The summed E-state index contributed by atoms with van der Waals surface area (Å²) in [4.78, 5) is 12.4. The number of anilines is 3. The van der Waals surface area contributed by atoms with E-state index in [4.69, 9.17) is 0 Å². The second-order valence-electron chi connectivity index (χ2n) is 4.97. The molecule has 2 N–H and O–H groups in total. The number of carbonyl (C=O) groups is 1. The highest BCUT2D eigenvalue weighted by atomic mass is 16.2. The van der Waals surface area contributed by atoms with Crippen LogP contribution in [0.4, 0.5) is 17.1 Å². The zero-order chi connectivity index (χ0) is 13.6. The number of carbonyl (C=O) groups excluding carboxylic acids is 1. The Morgan fingerprint density at radius 3 is 2.42 bits per heavy atom. The Morgan fingerprint density at radius 2 is 1.79 bits per heavy atom. The van der Waals surface area contributed by atoms with E-state index in [0.29, 0.717) is 5.69 Å². The molecule has 0 fully saturated rings. The van der Waals surface area contributed by atoms with Gasteiger partial charge in [-0.25, -0.2) is 0 Å². The first-order chi connectivity index (χ1) is 9.08. The Bertz CT molecular complexity index is 657. The fraction of sp³-hybridized carbons (Fsp3) is 0.286. The summed E-state index contributed by atoms with van der Waals surface area (Å²) < 4.78 is 1.76. The molecule has 5 nitrogen and oxygen atoms in total. The molecule has 0 saturated heterocycles. The van der Waals surface area contributed by atoms with Crippen LogP contribution in [-0.4, -0.2) is 15.7 Å². The Morgan fingerprint density at radius 1 is 1.16 bits per heavy atom. The van der Waals surface area contributed by atoms with Crippen molar-refractivity contribution in [2.24, 2.45) is 0 Å². The number of benzene rings is 1. The summed E-state index contributed by atoms with van der Waals surface area (Å²) in [6.07, 6.45) is 0. The number of aryl methyl sites for hydroxylation is 1. The van der Waals surface area contributed by atoms with Gasteiger partial charge < -0.3 is 10.6 Å². The summed E-state index contributed by atoms with van der Waals surface area (Å²) in [5.74, 6) is -0.123. The Hall–Kier alpha value is -2.30. The van der Waals surface area contributed by atoms with Gasteiger partial charge in [-0.2, -0.15) is 5.10 Å². The van der Waals surface area contributed by atoms with Gasteiger partial charge in [-0.05, 0) is 32.9 Å². The normalized spacial score (nSPS) is 13.4. The largest absolute Gasteiger partial charge is 0.350 e. The predicted octanol–water partition coefficient (Wildman–Crippen LogP) is 3.08. The number of nitrogens with zero attached hydrogens (tertiary/aromatic N) is 2. The lowest BCUT2D eigenvalue weighted by Crippen LogP contribution is -2.18. The van der Waals surface area contributed by atoms with E-state index in [1.54, 1.807) is 4.68 Å². The van der Waals surface area contributed by atoms with Crippen LogP contribution in [0.5, 0.6) is 0 Å². The third-order valence-corrected chi connectivity index (χ3v) is 3.22. The van der Waals surface area contributed by atoms with Gasteiger partial charge in [0.2, 0.25) is 0 Å². The number of amides is 1. The summed E-state index contributed by atoms with van der Waals surface area (Å²) in [7, 11) is 0. The van der Waals surface area contributed by atoms with E-state index in [9.17, 15) is 4.79 Å². The maximum Gasteiger partial charge on any atom is 0.276 e. The van der Waals surface area contributed by atoms with Crippen molar-refractivity contribution >= 4 is 23.0 Å². The van der Waals surface area contributed by atoms with E-state index in [1.165, 1.54) is 0 Å². The molecule has 5 heteroatoms. The molecular formula is C14H16N4O. The van der Waals surface area contributed by atoms with Crippen LogP contribution < -0.4 is 10.6 Å². The molecule has 0 spiro atoms. The highest BCUT2D eigenvalue weighted by molar-refractivity contribution is 6.11. The molecule has 19 heavy (non-hydrogen) atoms. The highest BCUT2D eigenvalue weighted by Gasteiger charge is 2.26. The molecular weight excluding hydrogens is 240 g/mol. The van der Waals surface area contributed by atoms with Crippen molar-refractivity contribution in [3.8, 4) is 0 Å². The molecule has 2 aromatic rings. The van der Waals surface area contributed by atoms with Crippen LogP contribution in [0.25, 0.3) is 0 Å². The van der Waals surface area contributed by atoms with Crippen LogP contribution in [0.1, 0.15) is 36.1 Å². The van der Waals surface area contributed by atoms with Crippen LogP contribution in [0.3, 0.4) is 0 Å². The Kier molecular flexibility index (Phi) is 2.55. The molecule has 1 aromatic carbocycles. The molecule has 0 bridgehead atoms. The third kappa shape index (κ3) is 1.78. The van der Waals surface area contributed by atoms with Crippen molar-refractivity contribution in [3.05, 3.63) is 35.7 Å². The molecule has 98 valence electrons. The molecule has 2 heterocycles. The molecule has 3 rings (SSSR count). The number of rotatable bonds is 1. The first-order valence-electron chi connectivity index (χ1n) is 6.34. The number of para-hydroxylation sites is 2. The average molecular weight is 256 g/mol. The lowest BCUT2D eigenvalue weighted by Gasteiger charge is -2.10. The quantitative estimate of drug-likeness (QED) is 0.824. The second kappa shape index (κ2) is 4.12. The molecule has 0 atom stereocenters. The first kappa shape index (κ1) is 11.8. The minimum absolute atomic E-state index is 0.123. The highest BCUT2D eigenvalue weighted by Crippen LogP contribution is 2.34. The summed E-state index contributed by atoms with van der Waals surface area (Å²) >= 11 is 0. The number of fused-ring (bicyclic) bond motifs is 2. The van der Waals surface area contributed by atoms with Crippen LogP contribution in [-0.2, 0) is 0 Å². The number of nitrogens with one attached hydrogen (secondary N) is 2. The van der Waals surface area contributed by atoms with Gasteiger partial charge in [0, 0.05) is 6.04 Å². The topological polar surface area (TPSA) is 59.0 Å². The Balaban J connectivity index is 2.20. The van der Waals surface area contributed by atoms with Gasteiger partial charge in [0.15, 0.2) is 5.69 Å². The maximum atomic E-state index is 12.4. The van der Waals surface area contributed by atoms with E-state index in [1.807, 2.05) is 45.0 Å². The van der Waals surface area contributed by atoms with Crippen molar-refractivity contribution in [2.45, 2.75) is 26.8 Å². The molecule has 1 aliphatic rings. The number of aromatic nitrogens is 2. The molecule has 1 amide bonds. The molecule has 0 saturated carbocycles. The van der Waals surface area contributed by atoms with Crippen LogP contribution >= 0.6 is 0 Å². The minimum Gasteiger partial charge on any atom is -0.350 e. The monoisotopic (exact) mass is 256 g/mol. The maximum absolute atomic E-state index is 12.4. The molecule has 0 aliphatic carbocycles. The van der Waals surface area contributed by atoms with Crippen molar-refractivity contribution in [2.75, 3.05) is 10.6 Å². The van der Waals surface area contributed by atoms with Gasteiger partial charge in [0.1, 0.15) is 0 Å². The smallest absolute Gasteiger partial charge is 0.276 e. The van der Waals surface area contributed by atoms with Crippen LogP contribution in [0.2, 0.25) is 0 Å². The molecule has 1 aromatic heterocycles. The number of hydrogen-bond donors (Lipinski definition) is 2. The minimum atomic E-state index is -0.123. The summed E-state index contributed by atoms with van der Waals surface area (Å²) in [6, 6.07) is 7.80. The fourth-order valence-electron chi connectivity index (χ4n) is 2.31. The van der Waals surface area contributed by atoms with Gasteiger partial charge >= 0.3 is 0 Å². The van der Waals surface area contributed by atoms with Gasteiger partial charge in [0.25, 0.3) is 5.91 Å². The molecule has 1 aliphatic heterocycles. The zero-order valence-electron chi connectivity index (χ0n) is 11.2. The van der Waals surface area contributed by atoms with E-state index in [-0.39, 0.29) is 11.9 Å². The average Bonchev–Trinajstić information content (AvgIpc) is 2.61. The molecule has 0 unspecified atom stereocenters. The van der Waals surface area contributed by atoms with Crippen LogP contribution in [0.15, 0.2) is 24.3 Å². The summed E-state index contributed by atoms with van der Waals surface area (Å²) in [6.45, 7) is 5.93. The third-order valence-electron chi connectivity index (χ3n) is 3.22. The van der Waals surface area contributed by atoms with Crippen molar-refractivity contribution < 1.29 is 4.79 Å². The SMILES string of the molecule is Cc1nn(C(C)C)c2c1Nc1ccccc1NC2=O. The standard InChI is InChI=1S/C14H16N4O/c1-8(2)18-13-12(9(3)17-18)15-10-6-4-5-7-11(10)16-14(13)19/h4-8,15H,1-3H3,(H,16,19). The lowest BCUT2D eigenvalue weighted by molar-refractivity contribution is 0.101. The first-order valence-corrected chi connectivity index (χ1v) is 6.34. The summed E-state index contributed by atoms with van der Waals surface area (Å²) in [5.41, 5.74) is 3.88. The van der Waals surface area contributed by atoms with E-state index < -0.39 is 0 Å². The number of hydrogen-bond acceptors (Lipinski definition) is 3.